The molecule has 0 aliphatic heterocycles. The van der Waals surface area contributed by atoms with Crippen molar-refractivity contribution in [3.63, 3.8) is 0 Å². The van der Waals surface area contributed by atoms with Crippen LogP contribution in [0.1, 0.15) is 51.1 Å². The number of anilines is 1. The molecule has 0 saturated carbocycles. The molecule has 2 heterocycles. The number of unbranched alkanes of at least 4 members (excludes halogenated alkanes) is 1. The van der Waals surface area contributed by atoms with Crippen molar-refractivity contribution in [2.24, 2.45) is 0 Å². The van der Waals surface area contributed by atoms with Gasteiger partial charge in [0.05, 0.1) is 34.4 Å². The topological polar surface area (TPSA) is 67.2 Å². The van der Waals surface area contributed by atoms with Gasteiger partial charge in [-0.1, -0.05) is 63.4 Å². The minimum absolute atomic E-state index is 0.0262. The minimum Gasteiger partial charge on any atom is -0.333 e. The first kappa shape index (κ1) is 26.3. The molecule has 0 atom stereocenters. The molecule has 0 aliphatic rings. The molecule has 3 rings (SSSR count). The Bertz CT molecular complexity index is 1140. The molecule has 1 N–H and O–H groups in total. The number of nitrogens with one attached hydrogen (secondary N) is 1. The summed E-state index contributed by atoms with van der Waals surface area (Å²) in [6.45, 7) is 8.72. The van der Waals surface area contributed by atoms with Crippen LogP contribution in [0.5, 0.6) is 0 Å². The van der Waals surface area contributed by atoms with Crippen LogP contribution in [0, 0.1) is 0 Å². The predicted octanol–water partition coefficient (Wildman–Crippen LogP) is 6.35. The van der Waals surface area contributed by atoms with Crippen molar-refractivity contribution in [1.29, 1.82) is 0 Å². The molecule has 0 fully saturated rings. The van der Waals surface area contributed by atoms with Crippen LogP contribution in [-0.4, -0.2) is 39.6 Å². The minimum atomic E-state index is -0.280. The monoisotopic (exact) mass is 520 g/mol. The van der Waals surface area contributed by atoms with Gasteiger partial charge in [-0.2, -0.15) is 5.10 Å². The summed E-state index contributed by atoms with van der Waals surface area (Å²) in [5.74, 6) is 0.172. The van der Waals surface area contributed by atoms with E-state index in [1.807, 2.05) is 23.6 Å². The van der Waals surface area contributed by atoms with E-state index in [1.54, 1.807) is 39.1 Å². The van der Waals surface area contributed by atoms with Gasteiger partial charge in [-0.3, -0.25) is 9.59 Å². The lowest BCUT2D eigenvalue weighted by Gasteiger charge is -2.22. The van der Waals surface area contributed by atoms with Crippen LogP contribution in [-0.2, 0) is 21.4 Å². The highest BCUT2D eigenvalue weighted by Gasteiger charge is 2.23. The second-order valence-corrected chi connectivity index (χ2v) is 11.0. The van der Waals surface area contributed by atoms with Crippen molar-refractivity contribution in [2.45, 2.75) is 52.4 Å². The molecular weight excluding hydrogens is 491 g/mol. The Morgan fingerprint density at radius 3 is 2.53 bits per heavy atom. The fourth-order valence-corrected chi connectivity index (χ4v) is 4.31. The van der Waals surface area contributed by atoms with E-state index < -0.39 is 0 Å². The largest absolute Gasteiger partial charge is 0.333 e. The molecule has 0 saturated heterocycles. The first-order valence-corrected chi connectivity index (χ1v) is 12.9. The summed E-state index contributed by atoms with van der Waals surface area (Å²) in [5, 5.41) is 10.4. The highest BCUT2D eigenvalue weighted by molar-refractivity contribution is 7.10. The number of carbonyl (C=O) groups is 2. The number of amides is 2. The number of thiophene rings is 1. The Kier molecular flexibility index (Phi) is 8.79. The summed E-state index contributed by atoms with van der Waals surface area (Å²) in [5.41, 5.74) is 1.26. The van der Waals surface area contributed by atoms with Crippen molar-refractivity contribution in [1.82, 2.24) is 14.7 Å². The molecule has 2 amide bonds. The Balaban J connectivity index is 1.83. The Morgan fingerprint density at radius 1 is 1.15 bits per heavy atom. The van der Waals surface area contributed by atoms with Crippen molar-refractivity contribution < 1.29 is 9.59 Å². The van der Waals surface area contributed by atoms with Crippen LogP contribution in [0.25, 0.3) is 5.69 Å². The quantitative estimate of drug-likeness (QED) is 0.357. The summed E-state index contributed by atoms with van der Waals surface area (Å²) in [6, 6.07) is 10.9. The Hall–Kier alpha value is -2.35. The van der Waals surface area contributed by atoms with Crippen molar-refractivity contribution in [3.8, 4) is 5.69 Å². The first-order chi connectivity index (χ1) is 16.1. The highest BCUT2D eigenvalue weighted by atomic mass is 35.5. The third kappa shape index (κ3) is 6.84. The molecule has 3 aromatic rings. The molecule has 2 aromatic heterocycles. The van der Waals surface area contributed by atoms with Crippen LogP contribution in [0.15, 0.2) is 41.8 Å². The number of aromatic nitrogens is 2. The smallest absolute Gasteiger partial charge is 0.245 e. The van der Waals surface area contributed by atoms with Crippen LogP contribution < -0.4 is 5.32 Å². The second kappa shape index (κ2) is 11.4. The fourth-order valence-electron chi connectivity index (χ4n) is 3.32. The third-order valence-electron chi connectivity index (χ3n) is 5.27. The third-order valence-corrected chi connectivity index (χ3v) is 6.88. The maximum Gasteiger partial charge on any atom is 0.245 e. The van der Waals surface area contributed by atoms with E-state index in [1.165, 1.54) is 0 Å². The lowest BCUT2D eigenvalue weighted by atomic mass is 9.92. The van der Waals surface area contributed by atoms with E-state index in [0.717, 1.165) is 23.4 Å². The van der Waals surface area contributed by atoms with Gasteiger partial charge in [-0.05, 0) is 36.1 Å². The lowest BCUT2D eigenvalue weighted by molar-refractivity contribution is -0.134. The molecule has 1 aromatic carbocycles. The zero-order chi connectivity index (χ0) is 24.9. The van der Waals surface area contributed by atoms with E-state index in [0.29, 0.717) is 34.5 Å². The van der Waals surface area contributed by atoms with Crippen LogP contribution in [0.2, 0.25) is 10.0 Å². The van der Waals surface area contributed by atoms with Gasteiger partial charge in [0.1, 0.15) is 5.82 Å². The first-order valence-electron chi connectivity index (χ1n) is 11.2. The van der Waals surface area contributed by atoms with E-state index in [2.05, 4.69) is 33.0 Å². The van der Waals surface area contributed by atoms with E-state index in [9.17, 15) is 9.59 Å². The molecular formula is C25H30Cl2N4O2S. The standard InChI is InChI=1S/C25H30Cl2N4O2S/c1-5-6-11-30(24(33)14-18-8-7-12-34-18)16-23(32)28-22-15-21(25(2,3)4)29-31(22)17-9-10-19(26)20(27)13-17/h7-10,12-13,15H,5-6,11,14,16H2,1-4H3,(H,28,32). The van der Waals surface area contributed by atoms with E-state index >= 15 is 0 Å². The molecule has 0 spiro atoms. The van der Waals surface area contributed by atoms with Crippen molar-refractivity contribution in [2.75, 3.05) is 18.4 Å². The number of carbonyl (C=O) groups excluding carboxylic acids is 2. The maximum atomic E-state index is 13.1. The van der Waals surface area contributed by atoms with Gasteiger partial charge in [0.2, 0.25) is 11.8 Å². The van der Waals surface area contributed by atoms with Gasteiger partial charge < -0.3 is 10.2 Å². The number of halogens is 2. The van der Waals surface area contributed by atoms with Crippen LogP contribution >= 0.6 is 34.5 Å². The normalized spacial score (nSPS) is 11.5. The lowest BCUT2D eigenvalue weighted by Crippen LogP contribution is -2.39. The zero-order valence-corrected chi connectivity index (χ0v) is 22.2. The molecule has 6 nitrogen and oxygen atoms in total. The SMILES string of the molecule is CCCCN(CC(=O)Nc1cc(C(C)(C)C)nn1-c1ccc(Cl)c(Cl)c1)C(=O)Cc1cccs1. The highest BCUT2D eigenvalue weighted by Crippen LogP contribution is 2.29. The van der Waals surface area contributed by atoms with Crippen molar-refractivity contribution >= 4 is 52.2 Å². The average molecular weight is 522 g/mol. The van der Waals surface area contributed by atoms with Crippen LogP contribution in [0.4, 0.5) is 5.82 Å². The molecule has 0 bridgehead atoms. The van der Waals surface area contributed by atoms with Gasteiger partial charge in [0.15, 0.2) is 0 Å². The van der Waals surface area contributed by atoms with Gasteiger partial charge in [-0.15, -0.1) is 11.3 Å². The predicted molar refractivity (Wildman–Crippen MR) is 140 cm³/mol. The molecule has 0 radical (unpaired) electrons. The summed E-state index contributed by atoms with van der Waals surface area (Å²) < 4.78 is 1.64. The van der Waals surface area contributed by atoms with Crippen LogP contribution in [0.3, 0.4) is 0 Å². The molecule has 182 valence electrons. The Morgan fingerprint density at radius 2 is 1.91 bits per heavy atom. The Labute approximate surface area is 214 Å². The second-order valence-electron chi connectivity index (χ2n) is 9.15. The van der Waals surface area contributed by atoms with E-state index in [-0.39, 0.29) is 23.8 Å². The number of hydrogen-bond donors (Lipinski definition) is 1. The van der Waals surface area contributed by atoms with Gasteiger partial charge in [-0.25, -0.2) is 4.68 Å². The number of nitrogens with zero attached hydrogens (tertiary/aromatic N) is 3. The number of benzene rings is 1. The number of rotatable bonds is 9. The summed E-state index contributed by atoms with van der Waals surface area (Å²) in [7, 11) is 0. The molecule has 34 heavy (non-hydrogen) atoms. The number of hydrogen-bond acceptors (Lipinski definition) is 4. The zero-order valence-electron chi connectivity index (χ0n) is 19.9. The van der Waals surface area contributed by atoms with Gasteiger partial charge in [0.25, 0.3) is 0 Å². The fraction of sp³-hybridized carbons (Fsp3) is 0.400. The van der Waals surface area contributed by atoms with Gasteiger partial charge >= 0.3 is 0 Å². The molecule has 0 unspecified atom stereocenters. The summed E-state index contributed by atoms with van der Waals surface area (Å²) >= 11 is 13.8. The summed E-state index contributed by atoms with van der Waals surface area (Å²) in [4.78, 5) is 28.6. The maximum absolute atomic E-state index is 13.1. The molecule has 9 heteroatoms. The summed E-state index contributed by atoms with van der Waals surface area (Å²) in [6.07, 6.45) is 2.06. The van der Waals surface area contributed by atoms with Crippen molar-refractivity contribution in [3.05, 3.63) is 62.4 Å². The van der Waals surface area contributed by atoms with E-state index in [4.69, 9.17) is 28.3 Å². The van der Waals surface area contributed by atoms with Gasteiger partial charge in [0, 0.05) is 22.9 Å². The molecule has 0 aliphatic carbocycles. The average Bonchev–Trinajstić information content (AvgIpc) is 3.43.